The molecule has 2 rings (SSSR count). The standard InChI is InChI=1S/C11H12N4O3S/c1-18-9-5-8(12)6-10(7-9)19(16,17)15-11-3-2-4-13-14-11/h2-7H,12H2,1H3,(H,14,15). The maximum atomic E-state index is 12.1. The normalized spacial score (nSPS) is 11.0. The Morgan fingerprint density at radius 3 is 2.74 bits per heavy atom. The Labute approximate surface area is 110 Å². The average Bonchev–Trinajstić information content (AvgIpc) is 2.38. The number of hydrogen-bond donors (Lipinski definition) is 2. The summed E-state index contributed by atoms with van der Waals surface area (Å²) in [5.41, 5.74) is 5.92. The number of anilines is 2. The lowest BCUT2D eigenvalue weighted by atomic mass is 10.3. The number of rotatable bonds is 4. The molecule has 1 aromatic heterocycles. The lowest BCUT2D eigenvalue weighted by Gasteiger charge is -2.09. The average molecular weight is 280 g/mol. The van der Waals surface area contributed by atoms with Gasteiger partial charge in [0.05, 0.1) is 12.0 Å². The van der Waals surface area contributed by atoms with Crippen LogP contribution in [0.3, 0.4) is 0 Å². The summed E-state index contributed by atoms with van der Waals surface area (Å²) in [6, 6.07) is 7.30. The summed E-state index contributed by atoms with van der Waals surface area (Å²) < 4.78 is 31.5. The van der Waals surface area contributed by atoms with Gasteiger partial charge in [0.2, 0.25) is 0 Å². The van der Waals surface area contributed by atoms with E-state index in [4.69, 9.17) is 10.5 Å². The fraction of sp³-hybridized carbons (Fsp3) is 0.0909. The number of sulfonamides is 1. The summed E-state index contributed by atoms with van der Waals surface area (Å²) in [5.74, 6) is 0.489. The number of benzene rings is 1. The summed E-state index contributed by atoms with van der Waals surface area (Å²) >= 11 is 0. The van der Waals surface area contributed by atoms with Gasteiger partial charge in [-0.05, 0) is 18.2 Å². The predicted molar refractivity (Wildman–Crippen MR) is 70.2 cm³/mol. The molecular formula is C11H12N4O3S. The number of nitrogens with zero attached hydrogens (tertiary/aromatic N) is 2. The van der Waals surface area contributed by atoms with E-state index in [-0.39, 0.29) is 10.7 Å². The number of nitrogens with one attached hydrogen (secondary N) is 1. The van der Waals surface area contributed by atoms with Crippen LogP contribution in [0.15, 0.2) is 41.4 Å². The van der Waals surface area contributed by atoms with Crippen LogP contribution in [-0.4, -0.2) is 25.7 Å². The smallest absolute Gasteiger partial charge is 0.263 e. The molecule has 0 saturated carbocycles. The summed E-state index contributed by atoms with van der Waals surface area (Å²) in [7, 11) is -2.35. The zero-order valence-electron chi connectivity index (χ0n) is 10.1. The van der Waals surface area contributed by atoms with Crippen LogP contribution < -0.4 is 15.2 Å². The van der Waals surface area contributed by atoms with Crippen molar-refractivity contribution in [3.05, 3.63) is 36.5 Å². The molecule has 3 N–H and O–H groups in total. The molecule has 0 spiro atoms. The molecule has 19 heavy (non-hydrogen) atoms. The minimum Gasteiger partial charge on any atom is -0.497 e. The quantitative estimate of drug-likeness (QED) is 0.805. The summed E-state index contributed by atoms with van der Waals surface area (Å²) in [4.78, 5) is -0.00463. The third-order valence-electron chi connectivity index (χ3n) is 2.26. The van der Waals surface area contributed by atoms with Crippen LogP contribution in [-0.2, 0) is 10.0 Å². The van der Waals surface area contributed by atoms with Crippen LogP contribution in [0.5, 0.6) is 5.75 Å². The van der Waals surface area contributed by atoms with Crippen molar-refractivity contribution in [3.8, 4) is 5.75 Å². The molecule has 0 saturated heterocycles. The third-order valence-corrected chi connectivity index (χ3v) is 3.59. The summed E-state index contributed by atoms with van der Waals surface area (Å²) in [6.45, 7) is 0. The van der Waals surface area contributed by atoms with Gasteiger partial charge in [0.25, 0.3) is 10.0 Å². The number of aromatic nitrogens is 2. The summed E-state index contributed by atoms with van der Waals surface area (Å²) in [6.07, 6.45) is 1.45. The zero-order chi connectivity index (χ0) is 13.9. The molecule has 0 radical (unpaired) electrons. The lowest BCUT2D eigenvalue weighted by Crippen LogP contribution is -2.14. The Hall–Kier alpha value is -2.35. The molecule has 1 heterocycles. The first-order valence-corrected chi connectivity index (χ1v) is 6.74. The van der Waals surface area contributed by atoms with Gasteiger partial charge in [0.1, 0.15) is 5.75 Å². The Morgan fingerprint density at radius 1 is 1.32 bits per heavy atom. The highest BCUT2D eigenvalue weighted by atomic mass is 32.2. The van der Waals surface area contributed by atoms with Crippen LogP contribution in [0.4, 0.5) is 11.5 Å². The number of nitrogens with two attached hydrogens (primary N) is 1. The van der Waals surface area contributed by atoms with Crippen molar-refractivity contribution in [2.75, 3.05) is 17.6 Å². The number of methoxy groups -OCH3 is 1. The molecular weight excluding hydrogens is 268 g/mol. The van der Waals surface area contributed by atoms with Gasteiger partial charge in [-0.15, -0.1) is 5.10 Å². The van der Waals surface area contributed by atoms with E-state index in [1.54, 1.807) is 6.07 Å². The van der Waals surface area contributed by atoms with Gasteiger partial charge in [-0.2, -0.15) is 5.10 Å². The van der Waals surface area contributed by atoms with Crippen LogP contribution >= 0.6 is 0 Å². The highest BCUT2D eigenvalue weighted by molar-refractivity contribution is 7.92. The number of hydrogen-bond acceptors (Lipinski definition) is 6. The van der Waals surface area contributed by atoms with Gasteiger partial charge in [-0.25, -0.2) is 8.42 Å². The first kappa shape index (κ1) is 13.1. The van der Waals surface area contributed by atoms with E-state index >= 15 is 0 Å². The van der Waals surface area contributed by atoms with E-state index in [2.05, 4.69) is 14.9 Å². The molecule has 0 aliphatic carbocycles. The second-order valence-corrected chi connectivity index (χ2v) is 5.34. The molecule has 7 nitrogen and oxygen atoms in total. The number of nitrogen functional groups attached to an aromatic ring is 1. The Kier molecular flexibility index (Phi) is 3.52. The Morgan fingerprint density at radius 2 is 2.11 bits per heavy atom. The second-order valence-electron chi connectivity index (χ2n) is 3.66. The molecule has 0 fully saturated rings. The maximum Gasteiger partial charge on any atom is 0.263 e. The first-order valence-electron chi connectivity index (χ1n) is 5.26. The van der Waals surface area contributed by atoms with Crippen molar-refractivity contribution >= 4 is 21.5 Å². The van der Waals surface area contributed by atoms with Gasteiger partial charge < -0.3 is 10.5 Å². The molecule has 0 atom stereocenters. The van der Waals surface area contributed by atoms with Gasteiger partial charge in [0, 0.05) is 24.0 Å². The van der Waals surface area contributed by atoms with E-state index in [1.165, 1.54) is 37.6 Å². The lowest BCUT2D eigenvalue weighted by molar-refractivity contribution is 0.413. The van der Waals surface area contributed by atoms with Crippen LogP contribution in [0, 0.1) is 0 Å². The van der Waals surface area contributed by atoms with Gasteiger partial charge in [-0.3, -0.25) is 4.72 Å². The number of ether oxygens (including phenoxy) is 1. The molecule has 1 aromatic carbocycles. The monoisotopic (exact) mass is 280 g/mol. The van der Waals surface area contributed by atoms with Crippen LogP contribution in [0.25, 0.3) is 0 Å². The van der Waals surface area contributed by atoms with Gasteiger partial charge in [-0.1, -0.05) is 0 Å². The molecule has 0 amide bonds. The van der Waals surface area contributed by atoms with Crippen molar-refractivity contribution in [1.82, 2.24) is 10.2 Å². The van der Waals surface area contributed by atoms with Crippen molar-refractivity contribution in [2.24, 2.45) is 0 Å². The van der Waals surface area contributed by atoms with Gasteiger partial charge >= 0.3 is 0 Å². The molecule has 100 valence electrons. The molecule has 0 aliphatic heterocycles. The molecule has 0 unspecified atom stereocenters. The van der Waals surface area contributed by atoms with Crippen molar-refractivity contribution in [1.29, 1.82) is 0 Å². The zero-order valence-corrected chi connectivity index (χ0v) is 10.9. The predicted octanol–water partition coefficient (Wildman–Crippen LogP) is 0.868. The summed E-state index contributed by atoms with van der Waals surface area (Å²) in [5, 5.41) is 7.24. The minimum atomic E-state index is -3.78. The second kappa shape index (κ2) is 5.11. The highest BCUT2D eigenvalue weighted by Crippen LogP contribution is 2.23. The fourth-order valence-corrected chi connectivity index (χ4v) is 2.48. The molecule has 2 aromatic rings. The molecule has 0 bridgehead atoms. The van der Waals surface area contributed by atoms with Crippen molar-refractivity contribution < 1.29 is 13.2 Å². The van der Waals surface area contributed by atoms with Gasteiger partial charge in [0.15, 0.2) is 5.82 Å². The van der Waals surface area contributed by atoms with E-state index in [0.717, 1.165) is 0 Å². The van der Waals surface area contributed by atoms with Crippen molar-refractivity contribution in [3.63, 3.8) is 0 Å². The van der Waals surface area contributed by atoms with E-state index in [9.17, 15) is 8.42 Å². The third kappa shape index (κ3) is 3.10. The highest BCUT2D eigenvalue weighted by Gasteiger charge is 2.16. The fourth-order valence-electron chi connectivity index (χ4n) is 1.42. The van der Waals surface area contributed by atoms with Crippen molar-refractivity contribution in [2.45, 2.75) is 4.90 Å². The molecule has 0 aliphatic rings. The van der Waals surface area contributed by atoms with E-state index in [0.29, 0.717) is 11.4 Å². The molecule has 8 heteroatoms. The van der Waals surface area contributed by atoms with E-state index < -0.39 is 10.0 Å². The Balaban J connectivity index is 2.37. The van der Waals surface area contributed by atoms with E-state index in [1.807, 2.05) is 0 Å². The minimum absolute atomic E-state index is 0.00463. The van der Waals surface area contributed by atoms with Crippen LogP contribution in [0.1, 0.15) is 0 Å². The first-order chi connectivity index (χ1) is 9.01. The van der Waals surface area contributed by atoms with Crippen LogP contribution in [0.2, 0.25) is 0 Å². The SMILES string of the molecule is COc1cc(N)cc(S(=O)(=O)Nc2cccnn2)c1. The topological polar surface area (TPSA) is 107 Å². The largest absolute Gasteiger partial charge is 0.497 e. The Bertz CT molecular complexity index is 674. The maximum absolute atomic E-state index is 12.1.